The zero-order chi connectivity index (χ0) is 15.3. The fourth-order valence-corrected chi connectivity index (χ4v) is 1.98. The normalized spacial score (nSPS) is 11.8. The van der Waals surface area contributed by atoms with Gasteiger partial charge in [0.1, 0.15) is 11.8 Å². The quantitative estimate of drug-likeness (QED) is 0.861. The van der Waals surface area contributed by atoms with Crippen molar-refractivity contribution in [3.63, 3.8) is 0 Å². The number of likely N-dealkylation sites (N-methyl/N-ethyl adjacent to an activating group) is 1. The molecule has 0 fully saturated rings. The van der Waals surface area contributed by atoms with E-state index in [-0.39, 0.29) is 17.2 Å². The molecule has 1 rings (SSSR count). The molecule has 0 aliphatic heterocycles. The third-order valence-electron chi connectivity index (χ3n) is 3.19. The molecule has 0 bridgehead atoms. The topological polar surface area (TPSA) is 69.6 Å². The summed E-state index contributed by atoms with van der Waals surface area (Å²) in [5, 5.41) is 12.3. The Bertz CT molecular complexity index is 496. The zero-order valence-corrected chi connectivity index (χ0v) is 12.4. The van der Waals surface area contributed by atoms with Crippen LogP contribution in [0, 0.1) is 6.92 Å². The first kappa shape index (κ1) is 16.0. The van der Waals surface area contributed by atoms with E-state index >= 15 is 0 Å². The van der Waals surface area contributed by atoms with Crippen LogP contribution >= 0.6 is 0 Å². The SMILES string of the molecule is CCN(CC)C(=O)C(C)NC(=O)c1cc(C)ccc1O. The largest absolute Gasteiger partial charge is 0.507 e. The number of aromatic hydroxyl groups is 1. The van der Waals surface area contributed by atoms with Crippen LogP contribution in [-0.2, 0) is 4.79 Å². The van der Waals surface area contributed by atoms with Crippen molar-refractivity contribution in [2.75, 3.05) is 13.1 Å². The maximum absolute atomic E-state index is 12.1. The Labute approximate surface area is 119 Å². The lowest BCUT2D eigenvalue weighted by molar-refractivity contribution is -0.132. The van der Waals surface area contributed by atoms with Gasteiger partial charge in [-0.2, -0.15) is 0 Å². The molecular formula is C15H22N2O3. The standard InChI is InChI=1S/C15H22N2O3/c1-5-17(6-2)15(20)11(4)16-14(19)12-9-10(3)7-8-13(12)18/h7-9,11,18H,5-6H2,1-4H3,(H,16,19). The summed E-state index contributed by atoms with van der Waals surface area (Å²) in [6.45, 7) is 8.47. The molecule has 0 radical (unpaired) electrons. The van der Waals surface area contributed by atoms with Crippen molar-refractivity contribution in [2.24, 2.45) is 0 Å². The van der Waals surface area contributed by atoms with Crippen molar-refractivity contribution in [1.29, 1.82) is 0 Å². The lowest BCUT2D eigenvalue weighted by atomic mass is 10.1. The van der Waals surface area contributed by atoms with Crippen LogP contribution < -0.4 is 5.32 Å². The maximum Gasteiger partial charge on any atom is 0.255 e. The van der Waals surface area contributed by atoms with Gasteiger partial charge in [-0.05, 0) is 39.8 Å². The van der Waals surface area contributed by atoms with Gasteiger partial charge in [-0.3, -0.25) is 9.59 Å². The molecule has 5 nitrogen and oxygen atoms in total. The molecule has 0 aliphatic rings. The highest BCUT2D eigenvalue weighted by Crippen LogP contribution is 2.18. The molecule has 1 unspecified atom stereocenters. The first-order valence-corrected chi connectivity index (χ1v) is 6.79. The van der Waals surface area contributed by atoms with E-state index in [4.69, 9.17) is 0 Å². The summed E-state index contributed by atoms with van der Waals surface area (Å²) in [6.07, 6.45) is 0. The third-order valence-corrected chi connectivity index (χ3v) is 3.19. The summed E-state index contributed by atoms with van der Waals surface area (Å²) < 4.78 is 0. The van der Waals surface area contributed by atoms with E-state index < -0.39 is 11.9 Å². The average molecular weight is 278 g/mol. The molecule has 5 heteroatoms. The predicted molar refractivity (Wildman–Crippen MR) is 77.7 cm³/mol. The van der Waals surface area contributed by atoms with Gasteiger partial charge in [0.15, 0.2) is 0 Å². The highest BCUT2D eigenvalue weighted by atomic mass is 16.3. The number of nitrogens with one attached hydrogen (secondary N) is 1. The number of rotatable bonds is 5. The second-order valence-corrected chi connectivity index (χ2v) is 4.73. The molecule has 2 N–H and O–H groups in total. The number of phenolic OH excluding ortho intramolecular Hbond substituents is 1. The molecule has 0 heterocycles. The monoisotopic (exact) mass is 278 g/mol. The molecule has 1 aromatic rings. The number of nitrogens with zero attached hydrogens (tertiary/aromatic N) is 1. The Morgan fingerprint density at radius 1 is 1.30 bits per heavy atom. The van der Waals surface area contributed by atoms with Crippen molar-refractivity contribution in [3.05, 3.63) is 29.3 Å². The maximum atomic E-state index is 12.1. The van der Waals surface area contributed by atoms with Crippen molar-refractivity contribution in [1.82, 2.24) is 10.2 Å². The number of aryl methyl sites for hydroxylation is 1. The number of benzene rings is 1. The number of phenols is 1. The molecule has 0 saturated carbocycles. The van der Waals surface area contributed by atoms with Gasteiger partial charge in [-0.25, -0.2) is 0 Å². The number of hydrogen-bond donors (Lipinski definition) is 2. The lowest BCUT2D eigenvalue weighted by Gasteiger charge is -2.23. The van der Waals surface area contributed by atoms with Gasteiger partial charge < -0.3 is 15.3 Å². The lowest BCUT2D eigenvalue weighted by Crippen LogP contribution is -2.46. The fraction of sp³-hybridized carbons (Fsp3) is 0.467. The van der Waals surface area contributed by atoms with Crippen LogP contribution in [0.4, 0.5) is 0 Å². The van der Waals surface area contributed by atoms with Crippen LogP contribution in [-0.4, -0.2) is 41.0 Å². The number of carbonyl (C=O) groups excluding carboxylic acids is 2. The fourth-order valence-electron chi connectivity index (χ4n) is 1.98. The second kappa shape index (κ2) is 6.93. The Balaban J connectivity index is 2.80. The molecule has 1 aromatic carbocycles. The first-order valence-electron chi connectivity index (χ1n) is 6.79. The predicted octanol–water partition coefficient (Wildman–Crippen LogP) is 1.69. The smallest absolute Gasteiger partial charge is 0.255 e. The minimum atomic E-state index is -0.623. The molecule has 2 amide bonds. The van der Waals surface area contributed by atoms with Gasteiger partial charge >= 0.3 is 0 Å². The summed E-state index contributed by atoms with van der Waals surface area (Å²) in [5.74, 6) is -0.662. The number of carbonyl (C=O) groups is 2. The first-order chi connectivity index (χ1) is 9.40. The van der Waals surface area contributed by atoms with Gasteiger partial charge in [0.05, 0.1) is 5.56 Å². The second-order valence-electron chi connectivity index (χ2n) is 4.73. The van der Waals surface area contributed by atoms with E-state index in [2.05, 4.69) is 5.32 Å². The summed E-state index contributed by atoms with van der Waals surface area (Å²) >= 11 is 0. The van der Waals surface area contributed by atoms with Crippen molar-refractivity contribution >= 4 is 11.8 Å². The third kappa shape index (κ3) is 3.73. The molecule has 0 spiro atoms. The molecule has 20 heavy (non-hydrogen) atoms. The van der Waals surface area contributed by atoms with Gasteiger partial charge in [0.25, 0.3) is 5.91 Å². The summed E-state index contributed by atoms with van der Waals surface area (Å²) in [6, 6.07) is 4.17. The van der Waals surface area contributed by atoms with Crippen molar-refractivity contribution in [3.8, 4) is 5.75 Å². The number of hydrogen-bond acceptors (Lipinski definition) is 3. The van der Waals surface area contributed by atoms with Crippen LogP contribution in [0.15, 0.2) is 18.2 Å². The highest BCUT2D eigenvalue weighted by molar-refractivity contribution is 5.99. The average Bonchev–Trinajstić information content (AvgIpc) is 2.42. The Morgan fingerprint density at radius 2 is 1.90 bits per heavy atom. The van der Waals surface area contributed by atoms with Crippen LogP contribution in [0.5, 0.6) is 5.75 Å². The van der Waals surface area contributed by atoms with Gasteiger partial charge in [-0.15, -0.1) is 0 Å². The Hall–Kier alpha value is -2.04. The van der Waals surface area contributed by atoms with Crippen molar-refractivity contribution < 1.29 is 14.7 Å². The van der Waals surface area contributed by atoms with Gasteiger partial charge in [0, 0.05) is 13.1 Å². The van der Waals surface area contributed by atoms with Gasteiger partial charge in [-0.1, -0.05) is 11.6 Å². The Morgan fingerprint density at radius 3 is 2.45 bits per heavy atom. The Kier molecular flexibility index (Phi) is 5.55. The molecular weight excluding hydrogens is 256 g/mol. The highest BCUT2D eigenvalue weighted by Gasteiger charge is 2.21. The zero-order valence-electron chi connectivity index (χ0n) is 12.4. The van der Waals surface area contributed by atoms with E-state index in [1.165, 1.54) is 6.07 Å². The summed E-state index contributed by atoms with van der Waals surface area (Å²) in [4.78, 5) is 25.8. The molecule has 0 aromatic heterocycles. The van der Waals surface area contributed by atoms with Crippen LogP contribution in [0.2, 0.25) is 0 Å². The van der Waals surface area contributed by atoms with Crippen LogP contribution in [0.1, 0.15) is 36.7 Å². The van der Waals surface area contributed by atoms with Crippen LogP contribution in [0.3, 0.4) is 0 Å². The number of amides is 2. The van der Waals surface area contributed by atoms with E-state index in [9.17, 15) is 14.7 Å². The van der Waals surface area contributed by atoms with Crippen LogP contribution in [0.25, 0.3) is 0 Å². The molecule has 110 valence electrons. The summed E-state index contributed by atoms with van der Waals surface area (Å²) in [7, 11) is 0. The minimum absolute atomic E-state index is 0.0874. The van der Waals surface area contributed by atoms with Gasteiger partial charge in [0.2, 0.25) is 5.91 Å². The van der Waals surface area contributed by atoms with E-state index in [0.717, 1.165) is 5.56 Å². The van der Waals surface area contributed by atoms with E-state index in [1.54, 1.807) is 24.0 Å². The summed E-state index contributed by atoms with van der Waals surface area (Å²) in [5.41, 5.74) is 1.06. The van der Waals surface area contributed by atoms with E-state index in [1.807, 2.05) is 20.8 Å². The molecule has 0 saturated heterocycles. The molecule has 1 atom stereocenters. The van der Waals surface area contributed by atoms with Crippen molar-refractivity contribution in [2.45, 2.75) is 33.7 Å². The van der Waals surface area contributed by atoms with E-state index in [0.29, 0.717) is 13.1 Å². The minimum Gasteiger partial charge on any atom is -0.507 e. The molecule has 0 aliphatic carbocycles.